The summed E-state index contributed by atoms with van der Waals surface area (Å²) in [6.07, 6.45) is 1.85. The van der Waals surface area contributed by atoms with E-state index in [0.717, 1.165) is 29.8 Å². The number of hydrogen-bond acceptors (Lipinski definition) is 2. The number of aromatic nitrogens is 2. The Bertz CT molecular complexity index is 935. The molecule has 1 amide bonds. The first-order valence-corrected chi connectivity index (χ1v) is 8.96. The molecule has 1 N–H and O–H groups in total. The lowest BCUT2D eigenvalue weighted by Crippen LogP contribution is -2.39. The predicted molar refractivity (Wildman–Crippen MR) is 98.3 cm³/mol. The van der Waals surface area contributed by atoms with Crippen LogP contribution in [0.3, 0.4) is 0 Å². The molecule has 1 fully saturated rings. The zero-order valence-electron chi connectivity index (χ0n) is 14.7. The number of likely N-dealkylation sites (tertiary alicyclic amines) is 1. The molecule has 0 bridgehead atoms. The molecule has 2 heterocycles. The molecule has 6 heteroatoms. The van der Waals surface area contributed by atoms with Crippen LogP contribution in [0.1, 0.15) is 34.8 Å². The van der Waals surface area contributed by atoms with E-state index >= 15 is 0 Å². The molecule has 138 valence electrons. The monoisotopic (exact) mass is 367 g/mol. The highest BCUT2D eigenvalue weighted by Crippen LogP contribution is 2.29. The Morgan fingerprint density at radius 2 is 1.70 bits per heavy atom. The summed E-state index contributed by atoms with van der Waals surface area (Å²) in [6.45, 7) is 1.27. The molecule has 0 unspecified atom stereocenters. The topological polar surface area (TPSA) is 49.0 Å². The molecule has 1 aliphatic heterocycles. The third-order valence-corrected chi connectivity index (χ3v) is 4.98. The van der Waals surface area contributed by atoms with Gasteiger partial charge in [0.15, 0.2) is 0 Å². The molecule has 3 aromatic rings. The summed E-state index contributed by atoms with van der Waals surface area (Å²) in [4.78, 5) is 14.5. The zero-order chi connectivity index (χ0) is 18.8. The van der Waals surface area contributed by atoms with Gasteiger partial charge in [-0.3, -0.25) is 9.89 Å². The van der Waals surface area contributed by atoms with E-state index in [4.69, 9.17) is 0 Å². The molecule has 4 rings (SSSR count). The van der Waals surface area contributed by atoms with E-state index in [1.807, 2.05) is 6.07 Å². The number of H-pyrrole nitrogens is 1. The van der Waals surface area contributed by atoms with Gasteiger partial charge < -0.3 is 4.90 Å². The fraction of sp³-hybridized carbons (Fsp3) is 0.238. The summed E-state index contributed by atoms with van der Waals surface area (Å²) in [5.41, 5.74) is 3.06. The lowest BCUT2D eigenvalue weighted by molar-refractivity contribution is 0.0706. The smallest absolute Gasteiger partial charge is 0.253 e. The quantitative estimate of drug-likeness (QED) is 0.747. The summed E-state index contributed by atoms with van der Waals surface area (Å²) in [5, 5.41) is 7.40. The van der Waals surface area contributed by atoms with Crippen LogP contribution in [-0.2, 0) is 0 Å². The van der Waals surface area contributed by atoms with Crippen molar-refractivity contribution in [3.63, 3.8) is 0 Å². The number of hydrogen-bond donors (Lipinski definition) is 1. The minimum absolute atomic E-state index is 0.0852. The summed E-state index contributed by atoms with van der Waals surface area (Å²) >= 11 is 0. The van der Waals surface area contributed by atoms with E-state index < -0.39 is 0 Å². The van der Waals surface area contributed by atoms with Crippen LogP contribution >= 0.6 is 0 Å². The van der Waals surface area contributed by atoms with Gasteiger partial charge in [0.25, 0.3) is 5.91 Å². The Hall–Kier alpha value is -3.02. The highest BCUT2D eigenvalue weighted by Gasteiger charge is 2.26. The van der Waals surface area contributed by atoms with E-state index in [1.165, 1.54) is 36.4 Å². The largest absolute Gasteiger partial charge is 0.338 e. The van der Waals surface area contributed by atoms with Gasteiger partial charge in [-0.25, -0.2) is 8.78 Å². The maximum atomic E-state index is 13.1. The average molecular weight is 367 g/mol. The van der Waals surface area contributed by atoms with Gasteiger partial charge in [-0.1, -0.05) is 0 Å². The van der Waals surface area contributed by atoms with Gasteiger partial charge >= 0.3 is 0 Å². The summed E-state index contributed by atoms with van der Waals surface area (Å²) in [7, 11) is 0. The molecule has 27 heavy (non-hydrogen) atoms. The van der Waals surface area contributed by atoms with Gasteiger partial charge in [-0.2, -0.15) is 5.10 Å². The number of piperidine rings is 1. The minimum Gasteiger partial charge on any atom is -0.338 e. The van der Waals surface area contributed by atoms with Crippen LogP contribution in [0.5, 0.6) is 0 Å². The fourth-order valence-corrected chi connectivity index (χ4v) is 3.50. The lowest BCUT2D eigenvalue weighted by atomic mass is 9.94. The standard InChI is InChI=1S/C21H19F2N3O/c22-17-7-3-14(4-8-17)19-12-20(25-24-19)16-2-1-11-26(13-16)21(27)15-5-9-18(23)10-6-15/h3-10,12,16H,1-2,11,13H2,(H,24,25)/t16-/m0/s1. The van der Waals surface area contributed by atoms with Crippen LogP contribution in [-0.4, -0.2) is 34.1 Å². The van der Waals surface area contributed by atoms with Gasteiger partial charge in [0.1, 0.15) is 11.6 Å². The number of carbonyl (C=O) groups is 1. The Balaban J connectivity index is 1.49. The second-order valence-electron chi connectivity index (χ2n) is 6.81. The van der Waals surface area contributed by atoms with Crippen molar-refractivity contribution in [2.75, 3.05) is 13.1 Å². The molecule has 1 saturated heterocycles. The molecule has 1 aliphatic rings. The third kappa shape index (κ3) is 3.74. The minimum atomic E-state index is -0.353. The average Bonchev–Trinajstić information content (AvgIpc) is 3.19. The van der Waals surface area contributed by atoms with Crippen molar-refractivity contribution >= 4 is 5.91 Å². The van der Waals surface area contributed by atoms with E-state index in [0.29, 0.717) is 18.7 Å². The number of amides is 1. The number of nitrogens with zero attached hydrogens (tertiary/aromatic N) is 2. The number of nitrogens with one attached hydrogen (secondary N) is 1. The van der Waals surface area contributed by atoms with Gasteiger partial charge in [0.2, 0.25) is 0 Å². The fourth-order valence-electron chi connectivity index (χ4n) is 3.50. The van der Waals surface area contributed by atoms with Gasteiger partial charge in [-0.15, -0.1) is 0 Å². The van der Waals surface area contributed by atoms with Crippen molar-refractivity contribution < 1.29 is 13.6 Å². The highest BCUT2D eigenvalue weighted by atomic mass is 19.1. The SMILES string of the molecule is O=C(c1ccc(F)cc1)N1CCC[C@H](c2cc(-c3ccc(F)cc3)n[nH]2)C1. The van der Waals surface area contributed by atoms with Crippen LogP contribution in [0.4, 0.5) is 8.78 Å². The second kappa shape index (κ2) is 7.31. The number of benzene rings is 2. The van der Waals surface area contributed by atoms with E-state index in [1.54, 1.807) is 17.0 Å². The molecule has 1 atom stereocenters. The first-order chi connectivity index (χ1) is 13.1. The number of aromatic amines is 1. The summed E-state index contributed by atoms with van der Waals surface area (Å²) in [5.74, 6) is -0.562. The normalized spacial score (nSPS) is 17.1. The molecule has 2 aromatic carbocycles. The van der Waals surface area contributed by atoms with Crippen molar-refractivity contribution in [2.24, 2.45) is 0 Å². The molecule has 0 radical (unpaired) electrons. The molecule has 0 saturated carbocycles. The highest BCUT2D eigenvalue weighted by molar-refractivity contribution is 5.94. The van der Waals surface area contributed by atoms with Crippen LogP contribution in [0, 0.1) is 11.6 Å². The zero-order valence-corrected chi connectivity index (χ0v) is 14.7. The third-order valence-electron chi connectivity index (χ3n) is 4.98. The van der Waals surface area contributed by atoms with Gasteiger partial charge in [-0.05, 0) is 67.4 Å². The lowest BCUT2D eigenvalue weighted by Gasteiger charge is -2.32. The van der Waals surface area contributed by atoms with Crippen LogP contribution in [0.2, 0.25) is 0 Å². The van der Waals surface area contributed by atoms with E-state index in [9.17, 15) is 13.6 Å². The van der Waals surface area contributed by atoms with Crippen molar-refractivity contribution in [3.8, 4) is 11.3 Å². The van der Waals surface area contributed by atoms with E-state index in [-0.39, 0.29) is 23.5 Å². The Kier molecular flexibility index (Phi) is 4.71. The second-order valence-corrected chi connectivity index (χ2v) is 6.81. The Morgan fingerprint density at radius 3 is 2.41 bits per heavy atom. The number of halogens is 2. The van der Waals surface area contributed by atoms with Crippen LogP contribution in [0.15, 0.2) is 54.6 Å². The van der Waals surface area contributed by atoms with Crippen molar-refractivity contribution in [2.45, 2.75) is 18.8 Å². The summed E-state index contributed by atoms with van der Waals surface area (Å²) in [6, 6.07) is 13.8. The van der Waals surface area contributed by atoms with Crippen LogP contribution < -0.4 is 0 Å². The maximum absolute atomic E-state index is 13.1. The van der Waals surface area contributed by atoms with Gasteiger partial charge in [0, 0.05) is 35.8 Å². The molecule has 1 aromatic heterocycles. The van der Waals surface area contributed by atoms with Crippen molar-refractivity contribution in [3.05, 3.63) is 77.5 Å². The Labute approximate surface area is 155 Å². The maximum Gasteiger partial charge on any atom is 0.253 e. The predicted octanol–water partition coefficient (Wildman–Crippen LogP) is 4.37. The number of rotatable bonds is 3. The Morgan fingerprint density at radius 1 is 1.04 bits per heavy atom. The molecular weight excluding hydrogens is 348 g/mol. The van der Waals surface area contributed by atoms with E-state index in [2.05, 4.69) is 10.2 Å². The van der Waals surface area contributed by atoms with Crippen LogP contribution in [0.25, 0.3) is 11.3 Å². The summed E-state index contributed by atoms with van der Waals surface area (Å²) < 4.78 is 26.2. The molecule has 0 spiro atoms. The first-order valence-electron chi connectivity index (χ1n) is 8.96. The van der Waals surface area contributed by atoms with Crippen molar-refractivity contribution in [1.82, 2.24) is 15.1 Å². The molecule has 4 nitrogen and oxygen atoms in total. The molecule has 0 aliphatic carbocycles. The van der Waals surface area contributed by atoms with Crippen molar-refractivity contribution in [1.29, 1.82) is 0 Å². The number of carbonyl (C=O) groups excluding carboxylic acids is 1. The molecular formula is C21H19F2N3O. The van der Waals surface area contributed by atoms with Gasteiger partial charge in [0.05, 0.1) is 5.69 Å². The first kappa shape index (κ1) is 17.4.